The molecule has 1 aromatic carbocycles. The van der Waals surface area contributed by atoms with Gasteiger partial charge in [-0.15, -0.1) is 0 Å². The van der Waals surface area contributed by atoms with Crippen LogP contribution in [0.2, 0.25) is 0 Å². The molecular weight excluding hydrogens is 282 g/mol. The van der Waals surface area contributed by atoms with E-state index < -0.39 is 6.10 Å². The average molecular weight is 299 g/mol. The number of aliphatic hydroxyl groups excluding tert-OH is 1. The van der Waals surface area contributed by atoms with E-state index in [9.17, 15) is 9.90 Å². The van der Waals surface area contributed by atoms with Gasteiger partial charge in [-0.05, 0) is 25.0 Å². The van der Waals surface area contributed by atoms with Gasteiger partial charge in [0.05, 0.1) is 30.2 Å². The van der Waals surface area contributed by atoms with Crippen molar-refractivity contribution in [3.8, 4) is 5.75 Å². The maximum atomic E-state index is 12.5. The van der Waals surface area contributed by atoms with Crippen LogP contribution < -0.4 is 10.1 Å². The smallest absolute Gasteiger partial charge is 0.259 e. The summed E-state index contributed by atoms with van der Waals surface area (Å²) in [6.07, 6.45) is 3.73. The van der Waals surface area contributed by atoms with E-state index in [1.807, 2.05) is 12.1 Å². The van der Waals surface area contributed by atoms with Crippen molar-refractivity contribution < 1.29 is 19.1 Å². The van der Waals surface area contributed by atoms with Crippen LogP contribution in [0.25, 0.3) is 0 Å². The third kappa shape index (κ3) is 2.27. The molecule has 2 heterocycles. The average Bonchev–Trinajstić information content (AvgIpc) is 3.25. The molecule has 4 rings (SSSR count). The number of hydrogen-bond donors (Lipinski definition) is 2. The molecule has 1 aromatic heterocycles. The van der Waals surface area contributed by atoms with Crippen molar-refractivity contribution in [1.82, 2.24) is 0 Å². The molecule has 0 saturated heterocycles. The Bertz CT molecular complexity index is 717. The van der Waals surface area contributed by atoms with Crippen molar-refractivity contribution >= 4 is 11.6 Å². The monoisotopic (exact) mass is 299 g/mol. The normalized spacial score (nSPS) is 20.1. The van der Waals surface area contributed by atoms with Gasteiger partial charge in [-0.1, -0.05) is 12.1 Å². The number of amides is 1. The van der Waals surface area contributed by atoms with Crippen LogP contribution in [0.1, 0.15) is 53.0 Å². The van der Waals surface area contributed by atoms with Gasteiger partial charge in [0.15, 0.2) is 0 Å². The van der Waals surface area contributed by atoms with Crippen molar-refractivity contribution in [3.05, 3.63) is 47.4 Å². The van der Waals surface area contributed by atoms with Crippen molar-refractivity contribution in [2.24, 2.45) is 0 Å². The van der Waals surface area contributed by atoms with Crippen LogP contribution in [-0.4, -0.2) is 17.6 Å². The molecule has 2 N–H and O–H groups in total. The van der Waals surface area contributed by atoms with E-state index in [0.29, 0.717) is 35.9 Å². The highest BCUT2D eigenvalue weighted by Crippen LogP contribution is 2.43. The van der Waals surface area contributed by atoms with Crippen LogP contribution in [0.5, 0.6) is 5.75 Å². The van der Waals surface area contributed by atoms with Crippen LogP contribution in [0, 0.1) is 0 Å². The fourth-order valence-electron chi connectivity index (χ4n) is 2.86. The maximum absolute atomic E-state index is 12.5. The highest BCUT2D eigenvalue weighted by molar-refractivity contribution is 6.06. The Balaban J connectivity index is 1.62. The second kappa shape index (κ2) is 5.18. The molecule has 1 fully saturated rings. The Morgan fingerprint density at radius 2 is 2.09 bits per heavy atom. The molecular formula is C17H17NO4. The molecule has 0 bridgehead atoms. The van der Waals surface area contributed by atoms with Gasteiger partial charge in [-0.3, -0.25) is 4.79 Å². The maximum Gasteiger partial charge on any atom is 0.259 e. The summed E-state index contributed by atoms with van der Waals surface area (Å²) >= 11 is 0. The number of para-hydroxylation sites is 1. The lowest BCUT2D eigenvalue weighted by Crippen LogP contribution is -2.18. The van der Waals surface area contributed by atoms with E-state index in [1.165, 1.54) is 0 Å². The molecule has 114 valence electrons. The number of carbonyl (C=O) groups is 1. The van der Waals surface area contributed by atoms with Crippen molar-refractivity contribution in [2.75, 3.05) is 11.9 Å². The summed E-state index contributed by atoms with van der Waals surface area (Å²) in [7, 11) is 0. The Morgan fingerprint density at radius 3 is 2.91 bits per heavy atom. The quantitative estimate of drug-likeness (QED) is 0.912. The largest absolute Gasteiger partial charge is 0.491 e. The SMILES string of the molecule is O=C(Nc1cccc2c1OCCC2O)c1ccoc1C1CC1. The van der Waals surface area contributed by atoms with Crippen LogP contribution in [-0.2, 0) is 0 Å². The molecule has 22 heavy (non-hydrogen) atoms. The second-order valence-electron chi connectivity index (χ2n) is 5.80. The van der Waals surface area contributed by atoms with Gasteiger partial charge in [0, 0.05) is 17.9 Å². The van der Waals surface area contributed by atoms with Crippen LogP contribution in [0.15, 0.2) is 34.9 Å². The number of aliphatic hydroxyl groups is 1. The van der Waals surface area contributed by atoms with Gasteiger partial charge >= 0.3 is 0 Å². The third-order valence-corrected chi connectivity index (χ3v) is 4.18. The molecule has 1 unspecified atom stereocenters. The van der Waals surface area contributed by atoms with Gasteiger partial charge in [-0.25, -0.2) is 0 Å². The summed E-state index contributed by atoms with van der Waals surface area (Å²) in [6.45, 7) is 0.445. The predicted molar refractivity (Wildman–Crippen MR) is 80.2 cm³/mol. The lowest BCUT2D eigenvalue weighted by atomic mass is 10.0. The molecule has 0 spiro atoms. The lowest BCUT2D eigenvalue weighted by molar-refractivity contribution is 0.101. The number of fused-ring (bicyclic) bond motifs is 1. The Labute approximate surface area is 127 Å². The van der Waals surface area contributed by atoms with Crippen molar-refractivity contribution in [2.45, 2.75) is 31.3 Å². The van der Waals surface area contributed by atoms with Crippen LogP contribution in [0.4, 0.5) is 5.69 Å². The first-order valence-corrected chi connectivity index (χ1v) is 7.56. The summed E-state index contributed by atoms with van der Waals surface area (Å²) in [5.41, 5.74) is 1.89. The molecule has 5 nitrogen and oxygen atoms in total. The van der Waals surface area contributed by atoms with Crippen LogP contribution >= 0.6 is 0 Å². The van der Waals surface area contributed by atoms with E-state index in [4.69, 9.17) is 9.15 Å². The van der Waals surface area contributed by atoms with E-state index in [-0.39, 0.29) is 5.91 Å². The number of rotatable bonds is 3. The zero-order valence-electron chi connectivity index (χ0n) is 12.0. The van der Waals surface area contributed by atoms with Crippen molar-refractivity contribution in [3.63, 3.8) is 0 Å². The topological polar surface area (TPSA) is 71.7 Å². The molecule has 1 aliphatic heterocycles. The number of carbonyl (C=O) groups excluding carboxylic acids is 1. The number of nitrogens with one attached hydrogen (secondary N) is 1. The zero-order valence-corrected chi connectivity index (χ0v) is 12.0. The highest BCUT2D eigenvalue weighted by Gasteiger charge is 2.31. The van der Waals surface area contributed by atoms with Gasteiger partial charge < -0.3 is 19.6 Å². The van der Waals surface area contributed by atoms with Gasteiger partial charge in [0.1, 0.15) is 11.5 Å². The minimum absolute atomic E-state index is 0.201. The van der Waals surface area contributed by atoms with E-state index in [0.717, 1.165) is 24.2 Å². The number of ether oxygens (including phenoxy) is 1. The van der Waals surface area contributed by atoms with E-state index in [2.05, 4.69) is 5.32 Å². The standard InChI is InChI=1S/C17H17NO4/c19-14-7-9-22-16-11(14)2-1-3-13(16)18-17(20)12-6-8-21-15(12)10-4-5-10/h1-3,6,8,10,14,19H,4-5,7,9H2,(H,18,20). The lowest BCUT2D eigenvalue weighted by Gasteiger charge is -2.24. The highest BCUT2D eigenvalue weighted by atomic mass is 16.5. The van der Waals surface area contributed by atoms with Gasteiger partial charge in [0.25, 0.3) is 5.91 Å². The summed E-state index contributed by atoms with van der Waals surface area (Å²) in [4.78, 5) is 12.5. The molecule has 2 aromatic rings. The van der Waals surface area contributed by atoms with Crippen molar-refractivity contribution in [1.29, 1.82) is 0 Å². The Hall–Kier alpha value is -2.27. The molecule has 1 saturated carbocycles. The third-order valence-electron chi connectivity index (χ3n) is 4.18. The Morgan fingerprint density at radius 1 is 1.23 bits per heavy atom. The number of furan rings is 1. The molecule has 5 heteroatoms. The number of hydrogen-bond acceptors (Lipinski definition) is 4. The fourth-order valence-corrected chi connectivity index (χ4v) is 2.86. The molecule has 1 aliphatic carbocycles. The van der Waals surface area contributed by atoms with Crippen LogP contribution in [0.3, 0.4) is 0 Å². The van der Waals surface area contributed by atoms with Gasteiger partial charge in [-0.2, -0.15) is 0 Å². The molecule has 1 amide bonds. The molecule has 0 radical (unpaired) electrons. The minimum Gasteiger partial charge on any atom is -0.491 e. The fraction of sp³-hybridized carbons (Fsp3) is 0.353. The molecule has 2 aliphatic rings. The summed E-state index contributed by atoms with van der Waals surface area (Å²) in [5, 5.41) is 12.9. The summed E-state index contributed by atoms with van der Waals surface area (Å²) in [6, 6.07) is 7.12. The first-order chi connectivity index (χ1) is 10.7. The number of benzene rings is 1. The first-order valence-electron chi connectivity index (χ1n) is 7.56. The van der Waals surface area contributed by atoms with E-state index >= 15 is 0 Å². The first kappa shape index (κ1) is 13.4. The zero-order chi connectivity index (χ0) is 15.1. The summed E-state index contributed by atoms with van der Waals surface area (Å²) < 4.78 is 11.1. The second-order valence-corrected chi connectivity index (χ2v) is 5.80. The summed E-state index contributed by atoms with van der Waals surface area (Å²) in [5.74, 6) is 1.50. The molecule has 1 atom stereocenters. The minimum atomic E-state index is -0.545. The van der Waals surface area contributed by atoms with Gasteiger partial charge in [0.2, 0.25) is 0 Å². The predicted octanol–water partition coefficient (Wildman–Crippen LogP) is 3.23. The van der Waals surface area contributed by atoms with E-state index in [1.54, 1.807) is 18.4 Å². The number of anilines is 1. The Kier molecular flexibility index (Phi) is 3.15.